The quantitative estimate of drug-likeness (QED) is 0.738. The van der Waals surface area contributed by atoms with Crippen molar-refractivity contribution in [3.8, 4) is 11.3 Å². The van der Waals surface area contributed by atoms with E-state index in [1.165, 1.54) is 0 Å². The molecule has 0 spiro atoms. The average molecular weight is 388 g/mol. The highest BCUT2D eigenvalue weighted by Crippen LogP contribution is 2.31. The van der Waals surface area contributed by atoms with Crippen LogP contribution in [-0.2, 0) is 4.74 Å². The van der Waals surface area contributed by atoms with Crippen molar-refractivity contribution >= 4 is 17.5 Å². The van der Waals surface area contributed by atoms with E-state index in [1.54, 1.807) is 6.07 Å². The minimum absolute atomic E-state index is 0.0107. The maximum Gasteiger partial charge on any atom is 0.270 e. The van der Waals surface area contributed by atoms with Gasteiger partial charge in [-0.25, -0.2) is 4.98 Å². The predicted molar refractivity (Wildman–Crippen MR) is 108 cm³/mol. The van der Waals surface area contributed by atoms with Crippen LogP contribution in [0.2, 0.25) is 5.02 Å². The van der Waals surface area contributed by atoms with Crippen LogP contribution >= 0.6 is 11.6 Å². The van der Waals surface area contributed by atoms with Crippen LogP contribution in [0.25, 0.3) is 11.3 Å². The Hall–Kier alpha value is -1.95. The summed E-state index contributed by atoms with van der Waals surface area (Å²) in [6, 6.07) is 12.8. The number of likely N-dealkylation sites (N-methyl/N-ethyl adjacent to an activating group) is 1. The van der Waals surface area contributed by atoms with E-state index in [0.717, 1.165) is 12.0 Å². The molecule has 5 nitrogen and oxygen atoms in total. The lowest BCUT2D eigenvalue weighted by atomic mass is 9.86. The van der Waals surface area contributed by atoms with Crippen LogP contribution in [0.5, 0.6) is 0 Å². The van der Waals surface area contributed by atoms with Gasteiger partial charge >= 0.3 is 0 Å². The number of hydrogen-bond acceptors (Lipinski definition) is 4. The lowest BCUT2D eigenvalue weighted by molar-refractivity contribution is 0.0911. The number of rotatable bonds is 6. The van der Waals surface area contributed by atoms with Gasteiger partial charge < -0.3 is 10.1 Å². The van der Waals surface area contributed by atoms with Crippen LogP contribution in [0.15, 0.2) is 42.5 Å². The number of carbonyl (C=O) groups is 1. The zero-order chi connectivity index (χ0) is 19.6. The van der Waals surface area contributed by atoms with Gasteiger partial charge in [0.15, 0.2) is 0 Å². The highest BCUT2D eigenvalue weighted by Gasteiger charge is 2.45. The van der Waals surface area contributed by atoms with Gasteiger partial charge in [0.05, 0.1) is 11.7 Å². The van der Waals surface area contributed by atoms with E-state index in [4.69, 9.17) is 16.3 Å². The van der Waals surface area contributed by atoms with Gasteiger partial charge in [-0.15, -0.1) is 0 Å². The Bertz CT molecular complexity index is 819. The normalized spacial score (nSPS) is 20.2. The smallest absolute Gasteiger partial charge is 0.270 e. The first kappa shape index (κ1) is 19.8. The summed E-state index contributed by atoms with van der Waals surface area (Å²) in [6.07, 6.45) is 0.785. The summed E-state index contributed by atoms with van der Waals surface area (Å²) in [5, 5.41) is 6.85. The predicted octanol–water partition coefficient (Wildman–Crippen LogP) is 3.88. The third kappa shape index (κ3) is 5.28. The zero-order valence-electron chi connectivity index (χ0n) is 16.1. The summed E-state index contributed by atoms with van der Waals surface area (Å²) in [7, 11) is 1.86. The van der Waals surface area contributed by atoms with E-state index in [0.29, 0.717) is 16.4 Å². The molecule has 2 aromatic rings. The molecule has 144 valence electrons. The second kappa shape index (κ2) is 7.97. The second-order valence-electron chi connectivity index (χ2n) is 8.07. The Morgan fingerprint density at radius 2 is 2.00 bits per heavy atom. The molecule has 2 unspecified atom stereocenters. The third-order valence-electron chi connectivity index (χ3n) is 4.46. The van der Waals surface area contributed by atoms with Crippen LogP contribution in [0.4, 0.5) is 0 Å². The maximum atomic E-state index is 12.8. The van der Waals surface area contributed by atoms with Crippen LogP contribution in [0.1, 0.15) is 37.7 Å². The van der Waals surface area contributed by atoms with E-state index in [9.17, 15) is 4.79 Å². The molecule has 0 saturated carbocycles. The molecule has 3 rings (SSSR count). The highest BCUT2D eigenvalue weighted by atomic mass is 35.5. The molecule has 1 fully saturated rings. The summed E-state index contributed by atoms with van der Waals surface area (Å²) in [5.74, 6) is -0.196. The molecule has 3 atom stereocenters. The standard InChI is InChI=1S/C21H26ClN3O2/c1-21(2,3)12-17(18-20(23-4)27-18)25-19(26)16-10-6-9-15(24-16)13-7-5-8-14(22)11-13/h5-11,17-18,20,23H,12H2,1-4H3,(H,25,26)/t17-,18?,20?/m0/s1. The van der Waals surface area contributed by atoms with Crippen molar-refractivity contribution in [2.75, 3.05) is 7.05 Å². The van der Waals surface area contributed by atoms with E-state index in [-0.39, 0.29) is 29.7 Å². The number of benzene rings is 1. The molecule has 1 saturated heterocycles. The first-order chi connectivity index (χ1) is 12.8. The van der Waals surface area contributed by atoms with E-state index in [2.05, 4.69) is 36.4 Å². The Morgan fingerprint density at radius 1 is 1.26 bits per heavy atom. The number of aromatic nitrogens is 1. The van der Waals surface area contributed by atoms with Gasteiger partial charge in [-0.3, -0.25) is 10.1 Å². The third-order valence-corrected chi connectivity index (χ3v) is 4.69. The van der Waals surface area contributed by atoms with Crippen molar-refractivity contribution in [3.63, 3.8) is 0 Å². The van der Waals surface area contributed by atoms with Crippen LogP contribution in [-0.4, -0.2) is 36.3 Å². The first-order valence-corrected chi connectivity index (χ1v) is 9.51. The summed E-state index contributed by atoms with van der Waals surface area (Å²) in [4.78, 5) is 17.4. The number of amides is 1. The molecule has 0 radical (unpaired) electrons. The number of nitrogens with zero attached hydrogens (tertiary/aromatic N) is 1. The van der Waals surface area contributed by atoms with Crippen molar-refractivity contribution in [3.05, 3.63) is 53.2 Å². The molecule has 1 aromatic heterocycles. The Kier molecular flexibility index (Phi) is 5.84. The topological polar surface area (TPSA) is 66.5 Å². The highest BCUT2D eigenvalue weighted by molar-refractivity contribution is 6.30. The molecule has 6 heteroatoms. The fourth-order valence-electron chi connectivity index (χ4n) is 3.18. The molecule has 1 aliphatic rings. The molecular weight excluding hydrogens is 362 g/mol. The number of hydrogen-bond donors (Lipinski definition) is 2. The first-order valence-electron chi connectivity index (χ1n) is 9.13. The maximum absolute atomic E-state index is 12.8. The fourth-order valence-corrected chi connectivity index (χ4v) is 3.37. The molecule has 27 heavy (non-hydrogen) atoms. The lowest BCUT2D eigenvalue weighted by Crippen LogP contribution is -2.43. The Labute approximate surface area is 165 Å². The Balaban J connectivity index is 1.77. The number of halogens is 1. The van der Waals surface area contributed by atoms with Gasteiger partial charge in [0.1, 0.15) is 18.0 Å². The van der Waals surface area contributed by atoms with Crippen molar-refractivity contribution < 1.29 is 9.53 Å². The van der Waals surface area contributed by atoms with Crippen LogP contribution < -0.4 is 10.6 Å². The summed E-state index contributed by atoms with van der Waals surface area (Å²) in [5.41, 5.74) is 2.05. The van der Waals surface area contributed by atoms with Gasteiger partial charge in [-0.05, 0) is 43.1 Å². The monoisotopic (exact) mass is 387 g/mol. The van der Waals surface area contributed by atoms with E-state index in [1.807, 2.05) is 43.4 Å². The number of pyridine rings is 1. The van der Waals surface area contributed by atoms with Gasteiger partial charge in [-0.2, -0.15) is 0 Å². The molecule has 0 bridgehead atoms. The minimum atomic E-state index is -0.196. The molecule has 2 heterocycles. The summed E-state index contributed by atoms with van der Waals surface area (Å²) < 4.78 is 5.66. The molecular formula is C21H26ClN3O2. The van der Waals surface area contributed by atoms with Crippen molar-refractivity contribution in [2.24, 2.45) is 5.41 Å². The number of carbonyl (C=O) groups excluding carboxylic acids is 1. The summed E-state index contributed by atoms with van der Waals surface area (Å²) >= 11 is 6.07. The Morgan fingerprint density at radius 3 is 2.63 bits per heavy atom. The minimum Gasteiger partial charge on any atom is -0.351 e. The largest absolute Gasteiger partial charge is 0.351 e. The second-order valence-corrected chi connectivity index (χ2v) is 8.51. The van der Waals surface area contributed by atoms with E-state index >= 15 is 0 Å². The number of nitrogens with one attached hydrogen (secondary N) is 2. The zero-order valence-corrected chi connectivity index (χ0v) is 16.9. The molecule has 0 aliphatic carbocycles. The number of ether oxygens (including phenoxy) is 1. The van der Waals surface area contributed by atoms with Crippen LogP contribution in [0.3, 0.4) is 0 Å². The average Bonchev–Trinajstić information content (AvgIpc) is 3.40. The molecule has 1 amide bonds. The van der Waals surface area contributed by atoms with E-state index < -0.39 is 0 Å². The van der Waals surface area contributed by atoms with Crippen LogP contribution in [0, 0.1) is 5.41 Å². The number of epoxide rings is 1. The van der Waals surface area contributed by atoms with Gasteiger partial charge in [0.2, 0.25) is 0 Å². The molecule has 1 aliphatic heterocycles. The molecule has 1 aromatic carbocycles. The van der Waals surface area contributed by atoms with Gasteiger partial charge in [0, 0.05) is 10.6 Å². The van der Waals surface area contributed by atoms with Crippen molar-refractivity contribution in [2.45, 2.75) is 45.6 Å². The summed E-state index contributed by atoms with van der Waals surface area (Å²) in [6.45, 7) is 6.46. The molecule has 2 N–H and O–H groups in total. The fraction of sp³-hybridized carbons (Fsp3) is 0.429. The lowest BCUT2D eigenvalue weighted by Gasteiger charge is -2.25. The van der Waals surface area contributed by atoms with Gasteiger partial charge in [0.25, 0.3) is 5.91 Å². The van der Waals surface area contributed by atoms with Crippen molar-refractivity contribution in [1.29, 1.82) is 0 Å². The van der Waals surface area contributed by atoms with Crippen molar-refractivity contribution in [1.82, 2.24) is 15.6 Å². The SMILES string of the molecule is CNC1OC1[C@H](CC(C)(C)C)NC(=O)c1cccc(-c2cccc(Cl)c2)n1. The van der Waals surface area contributed by atoms with Gasteiger partial charge in [-0.1, -0.05) is 50.6 Å².